The maximum absolute atomic E-state index is 12.3. The van der Waals surface area contributed by atoms with Gasteiger partial charge in [-0.2, -0.15) is 0 Å². The molecule has 0 bridgehead atoms. The molecular weight excluding hydrogens is 366 g/mol. The molecule has 3 rings (SSSR count). The van der Waals surface area contributed by atoms with Gasteiger partial charge >= 0.3 is 6.09 Å². The van der Waals surface area contributed by atoms with E-state index < -0.39 is 5.60 Å². The highest BCUT2D eigenvalue weighted by molar-refractivity contribution is 6.29. The van der Waals surface area contributed by atoms with Gasteiger partial charge in [-0.1, -0.05) is 11.6 Å². The number of nitrogens with two attached hydrogens (primary N) is 1. The number of rotatable bonds is 2. The molecule has 1 aliphatic heterocycles. The summed E-state index contributed by atoms with van der Waals surface area (Å²) in [6.07, 6.45) is 2.24. The van der Waals surface area contributed by atoms with Crippen molar-refractivity contribution in [1.29, 1.82) is 0 Å². The van der Waals surface area contributed by atoms with Crippen LogP contribution in [0.4, 0.5) is 16.3 Å². The number of carbonyl (C=O) groups is 1. The highest BCUT2D eigenvalue weighted by Gasteiger charge is 2.25. The van der Waals surface area contributed by atoms with E-state index in [0.717, 1.165) is 30.0 Å². The van der Waals surface area contributed by atoms with Crippen LogP contribution in [0.5, 0.6) is 0 Å². The first kappa shape index (κ1) is 19.4. The fourth-order valence-electron chi connectivity index (χ4n) is 3.10. The summed E-state index contributed by atoms with van der Waals surface area (Å²) in [6, 6.07) is 5.58. The van der Waals surface area contributed by atoms with Crippen molar-refractivity contribution in [3.05, 3.63) is 29.5 Å². The molecule has 1 fully saturated rings. The summed E-state index contributed by atoms with van der Waals surface area (Å²) in [6.45, 7) is 8.37. The molecule has 0 saturated carbocycles. The van der Waals surface area contributed by atoms with Crippen LogP contribution in [0, 0.1) is 0 Å². The molecule has 1 saturated heterocycles. The third-order valence-corrected chi connectivity index (χ3v) is 4.53. The minimum atomic E-state index is -0.492. The number of H-pyrrole nitrogens is 1. The Morgan fingerprint density at radius 3 is 2.74 bits per heavy atom. The second-order valence-electron chi connectivity index (χ2n) is 7.66. The molecule has 1 aliphatic rings. The SMILES string of the molecule is CC(C)(C)OC(=O)N1CCCN(c2[nH]c(-c3ccnc(Cl)c3)cc2N)CC1. The first-order chi connectivity index (χ1) is 12.7. The third-order valence-electron chi connectivity index (χ3n) is 4.33. The van der Waals surface area contributed by atoms with Crippen LogP contribution < -0.4 is 10.6 Å². The van der Waals surface area contributed by atoms with E-state index in [4.69, 9.17) is 22.1 Å². The lowest BCUT2D eigenvalue weighted by Crippen LogP contribution is -2.39. The van der Waals surface area contributed by atoms with Gasteiger partial charge in [-0.15, -0.1) is 0 Å². The number of aromatic nitrogens is 2. The van der Waals surface area contributed by atoms with Crippen molar-refractivity contribution in [2.24, 2.45) is 0 Å². The van der Waals surface area contributed by atoms with Gasteiger partial charge in [-0.25, -0.2) is 9.78 Å². The molecule has 8 heteroatoms. The molecule has 146 valence electrons. The Kier molecular flexibility index (Phi) is 5.51. The van der Waals surface area contributed by atoms with Gasteiger partial charge in [0.25, 0.3) is 0 Å². The summed E-state index contributed by atoms with van der Waals surface area (Å²) in [4.78, 5) is 23.7. The van der Waals surface area contributed by atoms with Crippen molar-refractivity contribution in [3.8, 4) is 11.3 Å². The van der Waals surface area contributed by atoms with E-state index in [1.54, 1.807) is 17.2 Å². The Morgan fingerprint density at radius 1 is 1.26 bits per heavy atom. The number of halogens is 1. The Hall–Kier alpha value is -2.41. The van der Waals surface area contributed by atoms with Crippen molar-refractivity contribution < 1.29 is 9.53 Å². The second kappa shape index (κ2) is 7.68. The van der Waals surface area contributed by atoms with E-state index in [1.807, 2.05) is 32.9 Å². The smallest absolute Gasteiger partial charge is 0.410 e. The van der Waals surface area contributed by atoms with Crippen molar-refractivity contribution >= 4 is 29.2 Å². The number of carbonyl (C=O) groups excluding carboxylic acids is 1. The Labute approximate surface area is 164 Å². The molecule has 1 amide bonds. The van der Waals surface area contributed by atoms with E-state index in [-0.39, 0.29) is 6.09 Å². The summed E-state index contributed by atoms with van der Waals surface area (Å²) < 4.78 is 5.49. The van der Waals surface area contributed by atoms with Gasteiger partial charge in [0, 0.05) is 43.6 Å². The Balaban J connectivity index is 1.72. The summed E-state index contributed by atoms with van der Waals surface area (Å²) in [5.41, 5.74) is 8.25. The average molecular weight is 392 g/mol. The Bertz CT molecular complexity index is 815. The predicted octanol–water partition coefficient (Wildman–Crippen LogP) is 3.76. The number of pyridine rings is 1. The predicted molar refractivity (Wildman–Crippen MR) is 108 cm³/mol. The highest BCUT2D eigenvalue weighted by atomic mass is 35.5. The van der Waals surface area contributed by atoms with Crippen LogP contribution in [0.1, 0.15) is 27.2 Å². The van der Waals surface area contributed by atoms with E-state index in [0.29, 0.717) is 30.5 Å². The van der Waals surface area contributed by atoms with E-state index in [2.05, 4.69) is 14.9 Å². The molecule has 0 radical (unpaired) electrons. The summed E-state index contributed by atoms with van der Waals surface area (Å²) in [5, 5.41) is 0.435. The van der Waals surface area contributed by atoms with Crippen molar-refractivity contribution in [2.75, 3.05) is 36.8 Å². The normalized spacial score (nSPS) is 15.6. The zero-order valence-electron chi connectivity index (χ0n) is 16.0. The van der Waals surface area contributed by atoms with Crippen LogP contribution in [0.25, 0.3) is 11.3 Å². The molecule has 2 aromatic heterocycles. The van der Waals surface area contributed by atoms with Crippen LogP contribution in [0.2, 0.25) is 5.15 Å². The van der Waals surface area contributed by atoms with E-state index in [1.165, 1.54) is 0 Å². The second-order valence-corrected chi connectivity index (χ2v) is 8.05. The fourth-order valence-corrected chi connectivity index (χ4v) is 3.27. The fraction of sp³-hybridized carbons (Fsp3) is 0.474. The lowest BCUT2D eigenvalue weighted by molar-refractivity contribution is 0.0263. The lowest BCUT2D eigenvalue weighted by atomic mass is 10.2. The van der Waals surface area contributed by atoms with Crippen LogP contribution in [-0.2, 0) is 4.74 Å². The summed E-state index contributed by atoms with van der Waals surface area (Å²) in [5.74, 6) is 0.865. The standard InChI is InChI=1S/C19H26ClN5O2/c1-19(2,3)27-18(26)25-8-4-7-24(9-10-25)17-14(21)12-15(23-17)13-5-6-22-16(20)11-13/h5-6,11-12,23H,4,7-10,21H2,1-3H3. The van der Waals surface area contributed by atoms with E-state index in [9.17, 15) is 4.79 Å². The van der Waals surface area contributed by atoms with Gasteiger partial charge in [0.1, 0.15) is 16.6 Å². The number of nitrogens with one attached hydrogen (secondary N) is 1. The van der Waals surface area contributed by atoms with Gasteiger partial charge in [-0.3, -0.25) is 0 Å². The molecule has 3 heterocycles. The van der Waals surface area contributed by atoms with Gasteiger partial charge in [0.2, 0.25) is 0 Å². The highest BCUT2D eigenvalue weighted by Crippen LogP contribution is 2.30. The molecule has 0 aromatic carbocycles. The minimum Gasteiger partial charge on any atom is -0.444 e. The van der Waals surface area contributed by atoms with Gasteiger partial charge in [0.05, 0.1) is 5.69 Å². The molecule has 0 spiro atoms. The summed E-state index contributed by atoms with van der Waals surface area (Å²) >= 11 is 5.99. The zero-order valence-corrected chi connectivity index (χ0v) is 16.7. The van der Waals surface area contributed by atoms with Crippen molar-refractivity contribution in [2.45, 2.75) is 32.8 Å². The summed E-state index contributed by atoms with van der Waals surface area (Å²) in [7, 11) is 0. The lowest BCUT2D eigenvalue weighted by Gasteiger charge is -2.26. The van der Waals surface area contributed by atoms with Crippen LogP contribution in [-0.4, -0.2) is 52.7 Å². The molecule has 0 atom stereocenters. The number of nitrogen functional groups attached to an aromatic ring is 1. The number of anilines is 2. The van der Waals surface area contributed by atoms with Gasteiger partial charge in [-0.05, 0) is 45.4 Å². The van der Waals surface area contributed by atoms with E-state index >= 15 is 0 Å². The number of hydrogen-bond acceptors (Lipinski definition) is 5. The molecular formula is C19H26ClN5O2. The zero-order chi connectivity index (χ0) is 19.6. The van der Waals surface area contributed by atoms with Crippen LogP contribution in [0.15, 0.2) is 24.4 Å². The van der Waals surface area contributed by atoms with Crippen molar-refractivity contribution in [1.82, 2.24) is 14.9 Å². The minimum absolute atomic E-state index is 0.268. The molecule has 2 aromatic rings. The first-order valence-corrected chi connectivity index (χ1v) is 9.44. The maximum atomic E-state index is 12.3. The molecule has 7 nitrogen and oxygen atoms in total. The molecule has 3 N–H and O–H groups in total. The monoisotopic (exact) mass is 391 g/mol. The molecule has 0 unspecified atom stereocenters. The quantitative estimate of drug-likeness (QED) is 0.761. The average Bonchev–Trinajstić information content (AvgIpc) is 2.80. The van der Waals surface area contributed by atoms with Gasteiger partial charge in [0.15, 0.2) is 0 Å². The maximum Gasteiger partial charge on any atom is 0.410 e. The first-order valence-electron chi connectivity index (χ1n) is 9.06. The van der Waals surface area contributed by atoms with Crippen LogP contribution >= 0.6 is 11.6 Å². The molecule has 27 heavy (non-hydrogen) atoms. The molecule has 0 aliphatic carbocycles. The number of nitrogens with zero attached hydrogens (tertiary/aromatic N) is 3. The number of ether oxygens (including phenoxy) is 1. The number of aromatic amines is 1. The number of amides is 1. The number of hydrogen-bond donors (Lipinski definition) is 2. The van der Waals surface area contributed by atoms with Crippen LogP contribution in [0.3, 0.4) is 0 Å². The topological polar surface area (TPSA) is 87.5 Å². The Morgan fingerprint density at radius 2 is 2.04 bits per heavy atom. The van der Waals surface area contributed by atoms with Crippen molar-refractivity contribution in [3.63, 3.8) is 0 Å². The van der Waals surface area contributed by atoms with Gasteiger partial charge < -0.3 is 25.3 Å². The third kappa shape index (κ3) is 4.86. The largest absolute Gasteiger partial charge is 0.444 e.